The van der Waals surface area contributed by atoms with Gasteiger partial charge >= 0.3 is 0 Å². The van der Waals surface area contributed by atoms with Gasteiger partial charge in [-0.3, -0.25) is 14.8 Å². The SMILES string of the molecule is Cc1c(OC2=CC=NC(C)(Nc3ccncc3)C2)cccc1C(=O)NCc1cc(F)cc(F)c1. The van der Waals surface area contributed by atoms with Crippen LogP contribution >= 0.6 is 0 Å². The Balaban J connectivity index is 1.44. The summed E-state index contributed by atoms with van der Waals surface area (Å²) in [6.07, 6.45) is 7.39. The molecule has 3 aromatic rings. The fourth-order valence-electron chi connectivity index (χ4n) is 3.72. The molecule has 174 valence electrons. The zero-order chi connectivity index (χ0) is 24.1. The Morgan fingerprint density at radius 2 is 1.85 bits per heavy atom. The van der Waals surface area contributed by atoms with Crippen LogP contribution in [0.2, 0.25) is 0 Å². The van der Waals surface area contributed by atoms with Crippen molar-refractivity contribution in [2.45, 2.75) is 32.5 Å². The van der Waals surface area contributed by atoms with Crippen molar-refractivity contribution in [1.82, 2.24) is 10.3 Å². The lowest BCUT2D eigenvalue weighted by molar-refractivity contribution is 0.0949. The van der Waals surface area contributed by atoms with Crippen LogP contribution in [0, 0.1) is 18.6 Å². The molecule has 1 aromatic heterocycles. The molecule has 6 nitrogen and oxygen atoms in total. The number of amides is 1. The molecule has 1 amide bonds. The molecule has 0 fully saturated rings. The number of dihydropyridines is 1. The maximum atomic E-state index is 13.4. The van der Waals surface area contributed by atoms with E-state index in [-0.39, 0.29) is 12.5 Å². The minimum atomic E-state index is -0.689. The highest BCUT2D eigenvalue weighted by Gasteiger charge is 2.27. The van der Waals surface area contributed by atoms with Gasteiger partial charge in [-0.2, -0.15) is 0 Å². The number of nitrogens with one attached hydrogen (secondary N) is 2. The Kier molecular flexibility index (Phi) is 6.67. The van der Waals surface area contributed by atoms with Crippen molar-refractivity contribution in [3.63, 3.8) is 0 Å². The van der Waals surface area contributed by atoms with Crippen molar-refractivity contribution in [3.8, 4) is 5.75 Å². The summed E-state index contributed by atoms with van der Waals surface area (Å²) in [5, 5.41) is 6.08. The minimum absolute atomic E-state index is 0.00130. The van der Waals surface area contributed by atoms with Crippen LogP contribution in [-0.2, 0) is 6.54 Å². The Morgan fingerprint density at radius 3 is 2.59 bits per heavy atom. The third-order valence-electron chi connectivity index (χ3n) is 5.38. The zero-order valence-electron chi connectivity index (χ0n) is 18.8. The van der Waals surface area contributed by atoms with Crippen molar-refractivity contribution in [3.05, 3.63) is 101 Å². The standard InChI is InChI=1S/C26H24F2N4O2/c1-17-23(25(33)30-16-18-12-19(27)14-20(28)13-18)4-3-5-24(17)34-22-8-11-31-26(2,15-22)32-21-6-9-29-10-7-21/h3-14H,15-16H2,1-2H3,(H,29,32)(H,30,33). The van der Waals surface area contributed by atoms with E-state index in [4.69, 9.17) is 4.74 Å². The van der Waals surface area contributed by atoms with Crippen LogP contribution in [0.25, 0.3) is 0 Å². The van der Waals surface area contributed by atoms with Gasteiger partial charge in [0.05, 0.1) is 0 Å². The largest absolute Gasteiger partial charge is 0.461 e. The number of carbonyl (C=O) groups excluding carboxylic acids is 1. The first-order valence-electron chi connectivity index (χ1n) is 10.7. The van der Waals surface area contributed by atoms with Crippen LogP contribution in [0.4, 0.5) is 14.5 Å². The number of hydrogen-bond acceptors (Lipinski definition) is 5. The number of allylic oxidation sites excluding steroid dienone is 1. The quantitative estimate of drug-likeness (QED) is 0.508. The van der Waals surface area contributed by atoms with E-state index in [0.29, 0.717) is 34.6 Å². The molecule has 4 rings (SSSR count). The van der Waals surface area contributed by atoms with E-state index in [9.17, 15) is 13.6 Å². The number of halogens is 2. The summed E-state index contributed by atoms with van der Waals surface area (Å²) in [6, 6.07) is 12.1. The summed E-state index contributed by atoms with van der Waals surface area (Å²) in [5.74, 6) is -0.515. The van der Waals surface area contributed by atoms with Gasteiger partial charge in [0.2, 0.25) is 0 Å². The molecule has 0 bridgehead atoms. The molecule has 0 spiro atoms. The van der Waals surface area contributed by atoms with E-state index < -0.39 is 17.3 Å². The summed E-state index contributed by atoms with van der Waals surface area (Å²) in [4.78, 5) is 21.3. The van der Waals surface area contributed by atoms with E-state index >= 15 is 0 Å². The van der Waals surface area contributed by atoms with Gasteiger partial charge in [-0.1, -0.05) is 6.07 Å². The predicted molar refractivity (Wildman–Crippen MR) is 127 cm³/mol. The summed E-state index contributed by atoms with van der Waals surface area (Å²) in [7, 11) is 0. The minimum Gasteiger partial charge on any atom is -0.461 e. The molecule has 2 N–H and O–H groups in total. The highest BCUT2D eigenvalue weighted by molar-refractivity contribution is 5.96. The smallest absolute Gasteiger partial charge is 0.251 e. The monoisotopic (exact) mass is 462 g/mol. The lowest BCUT2D eigenvalue weighted by atomic mass is 10.0. The van der Waals surface area contributed by atoms with Crippen molar-refractivity contribution in [2.24, 2.45) is 4.99 Å². The molecule has 2 heterocycles. The second-order valence-corrected chi connectivity index (χ2v) is 8.21. The molecule has 1 aliphatic rings. The maximum absolute atomic E-state index is 13.4. The number of nitrogens with zero attached hydrogens (tertiary/aromatic N) is 2. The molecule has 0 saturated heterocycles. The molecular formula is C26H24F2N4O2. The van der Waals surface area contributed by atoms with Crippen LogP contribution in [0.5, 0.6) is 5.75 Å². The molecule has 0 saturated carbocycles. The van der Waals surface area contributed by atoms with E-state index in [2.05, 4.69) is 20.6 Å². The van der Waals surface area contributed by atoms with Crippen LogP contribution in [0.15, 0.2) is 77.8 Å². The molecule has 2 aromatic carbocycles. The maximum Gasteiger partial charge on any atom is 0.251 e. The van der Waals surface area contributed by atoms with Gasteiger partial charge < -0.3 is 15.4 Å². The van der Waals surface area contributed by atoms with Crippen molar-refractivity contribution >= 4 is 17.8 Å². The highest BCUT2D eigenvalue weighted by Crippen LogP contribution is 2.30. The molecule has 1 aliphatic heterocycles. The van der Waals surface area contributed by atoms with Crippen molar-refractivity contribution < 1.29 is 18.3 Å². The van der Waals surface area contributed by atoms with E-state index in [1.165, 1.54) is 12.1 Å². The number of anilines is 1. The second-order valence-electron chi connectivity index (χ2n) is 8.21. The number of carbonyl (C=O) groups is 1. The average molecular weight is 463 g/mol. The van der Waals surface area contributed by atoms with Crippen LogP contribution in [-0.4, -0.2) is 22.8 Å². The number of pyridine rings is 1. The first-order chi connectivity index (χ1) is 16.3. The van der Waals surface area contributed by atoms with Gasteiger partial charge in [0.25, 0.3) is 5.91 Å². The van der Waals surface area contributed by atoms with Gasteiger partial charge in [-0.25, -0.2) is 8.78 Å². The van der Waals surface area contributed by atoms with E-state index in [0.717, 1.165) is 11.8 Å². The van der Waals surface area contributed by atoms with E-state index in [1.54, 1.807) is 49.8 Å². The van der Waals surface area contributed by atoms with Gasteiger partial charge in [0, 0.05) is 54.5 Å². The lowest BCUT2D eigenvalue weighted by Crippen LogP contribution is -2.35. The average Bonchev–Trinajstić information content (AvgIpc) is 2.79. The molecule has 34 heavy (non-hydrogen) atoms. The number of aromatic nitrogens is 1. The van der Waals surface area contributed by atoms with Crippen LogP contribution in [0.3, 0.4) is 0 Å². The number of ether oxygens (including phenoxy) is 1. The van der Waals surface area contributed by atoms with Gasteiger partial charge in [-0.15, -0.1) is 0 Å². The van der Waals surface area contributed by atoms with Gasteiger partial charge in [0.1, 0.15) is 28.8 Å². The molecular weight excluding hydrogens is 438 g/mol. The molecule has 1 unspecified atom stereocenters. The van der Waals surface area contributed by atoms with Crippen LogP contribution < -0.4 is 15.4 Å². The Hall–Kier alpha value is -4.07. The third kappa shape index (κ3) is 5.64. The normalized spacial score (nSPS) is 17.1. The first-order valence-corrected chi connectivity index (χ1v) is 10.7. The van der Waals surface area contributed by atoms with Crippen molar-refractivity contribution in [1.29, 1.82) is 0 Å². The third-order valence-corrected chi connectivity index (χ3v) is 5.38. The van der Waals surface area contributed by atoms with Gasteiger partial charge in [0.15, 0.2) is 0 Å². The number of benzene rings is 2. The molecule has 0 radical (unpaired) electrons. The lowest BCUT2D eigenvalue weighted by Gasteiger charge is -2.31. The Bertz CT molecular complexity index is 1240. The highest BCUT2D eigenvalue weighted by atomic mass is 19.1. The fraction of sp³-hybridized carbons (Fsp3) is 0.192. The summed E-state index contributed by atoms with van der Waals surface area (Å²) in [6.45, 7) is 3.75. The Morgan fingerprint density at radius 1 is 1.12 bits per heavy atom. The first kappa shape index (κ1) is 23.1. The molecule has 1 atom stereocenters. The van der Waals surface area contributed by atoms with Gasteiger partial charge in [-0.05, 0) is 61.9 Å². The van der Waals surface area contributed by atoms with Crippen molar-refractivity contribution in [2.75, 3.05) is 5.32 Å². The summed E-state index contributed by atoms with van der Waals surface area (Å²) >= 11 is 0. The van der Waals surface area contributed by atoms with E-state index in [1.807, 2.05) is 19.1 Å². The molecule has 8 heteroatoms. The molecule has 0 aliphatic carbocycles. The number of hydrogen-bond donors (Lipinski definition) is 2. The fourth-order valence-corrected chi connectivity index (χ4v) is 3.72. The second kappa shape index (κ2) is 9.82. The summed E-state index contributed by atoms with van der Waals surface area (Å²) in [5.41, 5.74) is 1.69. The zero-order valence-corrected chi connectivity index (χ0v) is 18.8. The topological polar surface area (TPSA) is 75.6 Å². The van der Waals surface area contributed by atoms with Crippen LogP contribution in [0.1, 0.15) is 34.8 Å². The Labute approximate surface area is 196 Å². The number of aliphatic imine (C=N–C) groups is 1. The predicted octanol–water partition coefficient (Wildman–Crippen LogP) is 5.16. The number of rotatable bonds is 7. The summed E-state index contributed by atoms with van der Waals surface area (Å²) < 4.78 is 32.9.